The number of carbonyl (C=O) groups excluding carboxylic acids is 1. The van der Waals surface area contributed by atoms with Crippen LogP contribution in [0, 0.1) is 21.7 Å². The summed E-state index contributed by atoms with van der Waals surface area (Å²) in [5.74, 6) is -3.11. The van der Waals surface area contributed by atoms with E-state index in [-0.39, 0.29) is 12.4 Å². The maximum absolute atomic E-state index is 13.6. The second kappa shape index (κ2) is 5.61. The Morgan fingerprint density at radius 2 is 2.14 bits per heavy atom. The lowest BCUT2D eigenvalue weighted by atomic mass is 10.1. The molecule has 0 aliphatic carbocycles. The van der Waals surface area contributed by atoms with Gasteiger partial charge in [-0.1, -0.05) is 0 Å². The standard InChI is InChI=1S/C11H9F2N5O3/c1-17-5-15-10(16-17)4-14-11(19)6-2-8(13)9(18(20)21)3-7(6)12/h2-3,5H,4H2,1H3,(H,14,19). The first-order chi connectivity index (χ1) is 9.88. The number of nitro groups is 1. The van der Waals surface area contributed by atoms with E-state index >= 15 is 0 Å². The summed E-state index contributed by atoms with van der Waals surface area (Å²) >= 11 is 0. The summed E-state index contributed by atoms with van der Waals surface area (Å²) in [4.78, 5) is 24.9. The lowest BCUT2D eigenvalue weighted by Gasteiger charge is -2.04. The number of nitro benzene ring substituents is 1. The number of carbonyl (C=O) groups is 1. The molecule has 0 aliphatic rings. The van der Waals surface area contributed by atoms with Gasteiger partial charge in [0.05, 0.1) is 23.1 Å². The van der Waals surface area contributed by atoms with Crippen LogP contribution in [0.4, 0.5) is 14.5 Å². The van der Waals surface area contributed by atoms with Gasteiger partial charge in [0.2, 0.25) is 5.82 Å². The van der Waals surface area contributed by atoms with Crippen molar-refractivity contribution in [3.63, 3.8) is 0 Å². The second-order valence-corrected chi connectivity index (χ2v) is 4.06. The third-order valence-electron chi connectivity index (χ3n) is 2.53. The quantitative estimate of drug-likeness (QED) is 0.668. The highest BCUT2D eigenvalue weighted by Crippen LogP contribution is 2.21. The first kappa shape index (κ1) is 14.5. The highest BCUT2D eigenvalue weighted by molar-refractivity contribution is 5.94. The van der Waals surface area contributed by atoms with Crippen LogP contribution in [0.15, 0.2) is 18.5 Å². The summed E-state index contributed by atoms with van der Waals surface area (Å²) in [6.07, 6.45) is 1.41. The monoisotopic (exact) mass is 297 g/mol. The number of rotatable bonds is 4. The zero-order valence-corrected chi connectivity index (χ0v) is 10.7. The van der Waals surface area contributed by atoms with Crippen LogP contribution in [0.25, 0.3) is 0 Å². The van der Waals surface area contributed by atoms with Crippen molar-refractivity contribution < 1.29 is 18.5 Å². The van der Waals surface area contributed by atoms with Crippen molar-refractivity contribution in [3.8, 4) is 0 Å². The topological polar surface area (TPSA) is 103 Å². The molecule has 0 radical (unpaired) electrons. The average molecular weight is 297 g/mol. The number of benzene rings is 1. The summed E-state index contributed by atoms with van der Waals surface area (Å²) in [7, 11) is 1.63. The van der Waals surface area contributed by atoms with Crippen LogP contribution in [0.3, 0.4) is 0 Å². The molecule has 0 fully saturated rings. The fourth-order valence-electron chi connectivity index (χ4n) is 1.57. The third kappa shape index (κ3) is 3.16. The van der Waals surface area contributed by atoms with E-state index in [0.717, 1.165) is 0 Å². The largest absolute Gasteiger partial charge is 0.345 e. The van der Waals surface area contributed by atoms with Crippen molar-refractivity contribution in [2.75, 3.05) is 0 Å². The molecule has 2 rings (SSSR count). The molecule has 1 heterocycles. The van der Waals surface area contributed by atoms with Gasteiger partial charge in [0.25, 0.3) is 5.91 Å². The Morgan fingerprint density at radius 3 is 2.71 bits per heavy atom. The Balaban J connectivity index is 2.15. The molecule has 2 aromatic rings. The Kier molecular flexibility index (Phi) is 3.87. The van der Waals surface area contributed by atoms with Gasteiger partial charge in [-0.25, -0.2) is 9.37 Å². The van der Waals surface area contributed by atoms with Gasteiger partial charge in [0.1, 0.15) is 12.1 Å². The van der Waals surface area contributed by atoms with Crippen molar-refractivity contribution in [3.05, 3.63) is 51.6 Å². The molecule has 0 saturated heterocycles. The number of hydrogen-bond donors (Lipinski definition) is 1. The number of amides is 1. The Hall–Kier alpha value is -2.91. The first-order valence-corrected chi connectivity index (χ1v) is 5.64. The van der Waals surface area contributed by atoms with Crippen LogP contribution in [0.5, 0.6) is 0 Å². The molecule has 10 heteroatoms. The maximum atomic E-state index is 13.6. The lowest BCUT2D eigenvalue weighted by Crippen LogP contribution is -2.24. The van der Waals surface area contributed by atoms with E-state index in [1.54, 1.807) is 7.05 Å². The maximum Gasteiger partial charge on any atom is 0.307 e. The number of aromatic nitrogens is 3. The highest BCUT2D eigenvalue weighted by atomic mass is 19.1. The van der Waals surface area contributed by atoms with Crippen LogP contribution in [-0.4, -0.2) is 25.6 Å². The normalized spacial score (nSPS) is 10.4. The molecule has 1 N–H and O–H groups in total. The molecule has 1 amide bonds. The van der Waals surface area contributed by atoms with Gasteiger partial charge in [0, 0.05) is 7.05 Å². The van der Waals surface area contributed by atoms with Gasteiger partial charge in [0.15, 0.2) is 5.82 Å². The minimum atomic E-state index is -1.29. The van der Waals surface area contributed by atoms with E-state index in [1.807, 2.05) is 0 Å². The minimum absolute atomic E-state index is 0.0856. The van der Waals surface area contributed by atoms with Crippen LogP contribution in [-0.2, 0) is 13.6 Å². The summed E-state index contributed by atoms with van der Waals surface area (Å²) in [6, 6.07) is 0.845. The molecule has 1 aromatic heterocycles. The van der Waals surface area contributed by atoms with Gasteiger partial charge in [-0.15, -0.1) is 0 Å². The fraction of sp³-hybridized carbons (Fsp3) is 0.182. The van der Waals surface area contributed by atoms with Crippen molar-refractivity contribution >= 4 is 11.6 Å². The molecular weight excluding hydrogens is 288 g/mol. The predicted molar refractivity (Wildman–Crippen MR) is 65.2 cm³/mol. The van der Waals surface area contributed by atoms with Crippen molar-refractivity contribution in [1.82, 2.24) is 20.1 Å². The fourth-order valence-corrected chi connectivity index (χ4v) is 1.57. The lowest BCUT2D eigenvalue weighted by molar-refractivity contribution is -0.387. The Bertz CT molecular complexity index is 716. The molecule has 1 aromatic carbocycles. The molecule has 110 valence electrons. The van der Waals surface area contributed by atoms with E-state index in [2.05, 4.69) is 15.4 Å². The summed E-state index contributed by atoms with van der Waals surface area (Å²) in [5.41, 5.74) is -1.66. The molecule has 0 aliphatic heterocycles. The average Bonchev–Trinajstić information content (AvgIpc) is 2.83. The van der Waals surface area contributed by atoms with Gasteiger partial charge in [-0.05, 0) is 6.07 Å². The zero-order chi connectivity index (χ0) is 15.6. The number of halogens is 2. The number of nitrogens with one attached hydrogen (secondary N) is 1. The van der Waals surface area contributed by atoms with Crippen LogP contribution >= 0.6 is 0 Å². The first-order valence-electron chi connectivity index (χ1n) is 5.64. The highest BCUT2D eigenvalue weighted by Gasteiger charge is 2.22. The predicted octanol–water partition coefficient (Wildman–Crippen LogP) is 0.931. The van der Waals surface area contributed by atoms with Crippen molar-refractivity contribution in [2.45, 2.75) is 6.54 Å². The molecule has 0 spiro atoms. The van der Waals surface area contributed by atoms with Crippen LogP contribution < -0.4 is 5.32 Å². The van der Waals surface area contributed by atoms with Gasteiger partial charge < -0.3 is 5.32 Å². The van der Waals surface area contributed by atoms with E-state index < -0.39 is 33.7 Å². The summed E-state index contributed by atoms with van der Waals surface area (Å²) in [6.45, 7) is -0.0856. The molecule has 0 saturated carbocycles. The molecule has 21 heavy (non-hydrogen) atoms. The molecular formula is C11H9F2N5O3. The second-order valence-electron chi connectivity index (χ2n) is 4.06. The van der Waals surface area contributed by atoms with E-state index in [1.165, 1.54) is 11.0 Å². The number of nitrogens with zero attached hydrogens (tertiary/aromatic N) is 4. The molecule has 0 unspecified atom stereocenters. The summed E-state index contributed by atoms with van der Waals surface area (Å²) in [5, 5.41) is 16.6. The molecule has 8 nitrogen and oxygen atoms in total. The molecule has 0 atom stereocenters. The summed E-state index contributed by atoms with van der Waals surface area (Å²) < 4.78 is 28.4. The Morgan fingerprint density at radius 1 is 1.43 bits per heavy atom. The van der Waals surface area contributed by atoms with Crippen molar-refractivity contribution in [2.24, 2.45) is 7.05 Å². The minimum Gasteiger partial charge on any atom is -0.345 e. The number of aryl methyl sites for hydroxylation is 1. The number of hydrogen-bond acceptors (Lipinski definition) is 5. The van der Waals surface area contributed by atoms with Gasteiger partial charge in [-0.2, -0.15) is 9.49 Å². The zero-order valence-electron chi connectivity index (χ0n) is 10.7. The van der Waals surface area contributed by atoms with Gasteiger partial charge >= 0.3 is 5.69 Å². The van der Waals surface area contributed by atoms with E-state index in [9.17, 15) is 23.7 Å². The van der Waals surface area contributed by atoms with Crippen LogP contribution in [0.2, 0.25) is 0 Å². The smallest absolute Gasteiger partial charge is 0.307 e. The SMILES string of the molecule is Cn1cnc(CNC(=O)c2cc(F)c([N+](=O)[O-])cc2F)n1. The van der Waals surface area contributed by atoms with Crippen molar-refractivity contribution in [1.29, 1.82) is 0 Å². The Labute approximate surface area is 116 Å². The van der Waals surface area contributed by atoms with E-state index in [0.29, 0.717) is 12.1 Å². The van der Waals surface area contributed by atoms with Crippen LogP contribution in [0.1, 0.15) is 16.2 Å². The van der Waals surface area contributed by atoms with E-state index in [4.69, 9.17) is 0 Å². The molecule has 0 bridgehead atoms. The van der Waals surface area contributed by atoms with Gasteiger partial charge in [-0.3, -0.25) is 19.6 Å². The third-order valence-corrected chi connectivity index (χ3v) is 2.53.